The van der Waals surface area contributed by atoms with Gasteiger partial charge < -0.3 is 0 Å². The molecule has 9 aromatic carbocycles. The smallest absolute Gasteiger partial charge is 0.0998 e. The second kappa shape index (κ2) is 11.2. The summed E-state index contributed by atoms with van der Waals surface area (Å²) in [4.78, 5) is 0. The molecular formula is C49H29N. The van der Waals surface area contributed by atoms with Crippen molar-refractivity contribution < 1.29 is 0 Å². The standard InChI is InChI=1S/C49H29N/c50-30-35-29-34(25-26-38(35)39-22-11-18-31-13-7-8-19-36(31)39)37-27-28-44-47-40(37)23-12-24-43(47)48-45(32-14-3-1-4-15-32)41-20-9-10-21-42(41)46(49(44)48)33-16-5-2-6-17-33/h1-29H. The number of hydrogen-bond acceptors (Lipinski definition) is 1. The van der Waals surface area contributed by atoms with Gasteiger partial charge in [0.2, 0.25) is 0 Å². The maximum absolute atomic E-state index is 10.5. The highest BCUT2D eigenvalue weighted by atomic mass is 14.3. The topological polar surface area (TPSA) is 23.8 Å². The van der Waals surface area contributed by atoms with Gasteiger partial charge in [-0.1, -0.05) is 170 Å². The van der Waals surface area contributed by atoms with Crippen LogP contribution in [-0.4, -0.2) is 0 Å². The molecular weight excluding hydrogens is 603 g/mol. The average molecular weight is 632 g/mol. The first-order valence-electron chi connectivity index (χ1n) is 17.1. The van der Waals surface area contributed by atoms with E-state index in [4.69, 9.17) is 0 Å². The molecule has 0 unspecified atom stereocenters. The Morgan fingerprint density at radius 1 is 0.320 bits per heavy atom. The fourth-order valence-electron chi connectivity index (χ4n) is 8.36. The van der Waals surface area contributed by atoms with Crippen LogP contribution < -0.4 is 0 Å². The van der Waals surface area contributed by atoms with Crippen LogP contribution in [0.5, 0.6) is 0 Å². The molecule has 1 nitrogen and oxygen atoms in total. The van der Waals surface area contributed by atoms with E-state index in [-0.39, 0.29) is 0 Å². The van der Waals surface area contributed by atoms with E-state index in [1.54, 1.807) is 0 Å². The second-order valence-electron chi connectivity index (χ2n) is 13.1. The van der Waals surface area contributed by atoms with Crippen molar-refractivity contribution in [3.8, 4) is 72.8 Å². The molecule has 0 bridgehead atoms. The van der Waals surface area contributed by atoms with E-state index in [0.29, 0.717) is 5.56 Å². The minimum absolute atomic E-state index is 0.675. The van der Waals surface area contributed by atoms with Crippen molar-refractivity contribution in [2.45, 2.75) is 0 Å². The van der Waals surface area contributed by atoms with Crippen LogP contribution in [0.25, 0.3) is 99.1 Å². The summed E-state index contributed by atoms with van der Waals surface area (Å²) in [5, 5.41) is 17.8. The molecule has 1 heteroatoms. The first-order chi connectivity index (χ1) is 24.8. The maximum Gasteiger partial charge on any atom is 0.0998 e. The molecule has 1 aliphatic carbocycles. The minimum atomic E-state index is 0.675. The Balaban J connectivity index is 1.25. The van der Waals surface area contributed by atoms with Gasteiger partial charge in [0.25, 0.3) is 0 Å². The molecule has 230 valence electrons. The first-order valence-corrected chi connectivity index (χ1v) is 17.1. The summed E-state index contributed by atoms with van der Waals surface area (Å²) in [5.41, 5.74) is 14.9. The van der Waals surface area contributed by atoms with Crippen LogP contribution in [0.3, 0.4) is 0 Å². The molecule has 1 aliphatic rings. The fourth-order valence-corrected chi connectivity index (χ4v) is 8.36. The van der Waals surface area contributed by atoms with Crippen LogP contribution in [-0.2, 0) is 0 Å². The zero-order chi connectivity index (χ0) is 33.2. The van der Waals surface area contributed by atoms with Gasteiger partial charge in [0.05, 0.1) is 11.6 Å². The third-order valence-corrected chi connectivity index (χ3v) is 10.5. The summed E-state index contributed by atoms with van der Waals surface area (Å²) in [6.45, 7) is 0. The lowest BCUT2D eigenvalue weighted by Crippen LogP contribution is -1.93. The third kappa shape index (κ3) is 4.13. The van der Waals surface area contributed by atoms with Crippen molar-refractivity contribution in [3.63, 3.8) is 0 Å². The van der Waals surface area contributed by atoms with Crippen LogP contribution in [0.4, 0.5) is 0 Å². The molecule has 10 rings (SSSR count). The van der Waals surface area contributed by atoms with Crippen LogP contribution in [0, 0.1) is 11.3 Å². The Hall–Kier alpha value is -6.75. The van der Waals surface area contributed by atoms with Crippen LogP contribution in [0.2, 0.25) is 0 Å². The predicted octanol–water partition coefficient (Wildman–Crippen LogP) is 13.3. The Morgan fingerprint density at radius 2 is 0.820 bits per heavy atom. The number of nitrogens with zero attached hydrogens (tertiary/aromatic N) is 1. The van der Waals surface area contributed by atoms with Gasteiger partial charge in [-0.2, -0.15) is 5.26 Å². The summed E-state index contributed by atoms with van der Waals surface area (Å²) in [7, 11) is 0. The molecule has 0 heterocycles. The molecule has 50 heavy (non-hydrogen) atoms. The van der Waals surface area contributed by atoms with Gasteiger partial charge in [-0.25, -0.2) is 0 Å². The fraction of sp³-hybridized carbons (Fsp3) is 0. The summed E-state index contributed by atoms with van der Waals surface area (Å²) in [6, 6.07) is 65.5. The normalized spacial score (nSPS) is 11.6. The highest BCUT2D eigenvalue weighted by Gasteiger charge is 2.31. The summed E-state index contributed by atoms with van der Waals surface area (Å²) in [6.07, 6.45) is 0. The quantitative estimate of drug-likeness (QED) is 0.190. The van der Waals surface area contributed by atoms with Crippen molar-refractivity contribution in [1.82, 2.24) is 0 Å². The number of rotatable bonds is 4. The van der Waals surface area contributed by atoms with Crippen molar-refractivity contribution in [2.75, 3.05) is 0 Å². The predicted molar refractivity (Wildman–Crippen MR) is 210 cm³/mol. The molecule has 9 aromatic rings. The van der Waals surface area contributed by atoms with Crippen LogP contribution in [0.1, 0.15) is 5.56 Å². The Bertz CT molecular complexity index is 2760. The van der Waals surface area contributed by atoms with Crippen molar-refractivity contribution in [3.05, 3.63) is 181 Å². The summed E-state index contributed by atoms with van der Waals surface area (Å²) >= 11 is 0. The van der Waals surface area contributed by atoms with E-state index in [2.05, 4.69) is 182 Å². The van der Waals surface area contributed by atoms with Crippen molar-refractivity contribution in [2.24, 2.45) is 0 Å². The van der Waals surface area contributed by atoms with Crippen molar-refractivity contribution >= 4 is 32.3 Å². The van der Waals surface area contributed by atoms with Gasteiger partial charge in [0.15, 0.2) is 0 Å². The minimum Gasteiger partial charge on any atom is -0.192 e. The van der Waals surface area contributed by atoms with E-state index in [1.807, 2.05) is 0 Å². The highest BCUT2D eigenvalue weighted by molar-refractivity contribution is 6.28. The maximum atomic E-state index is 10.5. The number of nitriles is 1. The van der Waals surface area contributed by atoms with Crippen molar-refractivity contribution in [1.29, 1.82) is 5.26 Å². The van der Waals surface area contributed by atoms with Crippen LogP contribution >= 0.6 is 0 Å². The Labute approximate surface area is 291 Å². The lowest BCUT2D eigenvalue weighted by molar-refractivity contribution is 1.48. The molecule has 0 saturated carbocycles. The van der Waals surface area contributed by atoms with E-state index < -0.39 is 0 Å². The zero-order valence-corrected chi connectivity index (χ0v) is 27.2. The molecule has 0 amide bonds. The van der Waals surface area contributed by atoms with E-state index in [1.165, 1.54) is 71.4 Å². The molecule has 0 fully saturated rings. The molecule has 0 spiro atoms. The van der Waals surface area contributed by atoms with E-state index in [9.17, 15) is 5.26 Å². The Morgan fingerprint density at radius 3 is 1.50 bits per heavy atom. The van der Waals surface area contributed by atoms with E-state index in [0.717, 1.165) is 27.6 Å². The van der Waals surface area contributed by atoms with Crippen LogP contribution in [0.15, 0.2) is 176 Å². The summed E-state index contributed by atoms with van der Waals surface area (Å²) < 4.78 is 0. The van der Waals surface area contributed by atoms with Gasteiger partial charge in [-0.15, -0.1) is 0 Å². The van der Waals surface area contributed by atoms with Gasteiger partial charge in [0, 0.05) is 5.56 Å². The van der Waals surface area contributed by atoms with Gasteiger partial charge in [-0.05, 0) is 99.6 Å². The molecule has 0 radical (unpaired) electrons. The number of benzene rings is 9. The number of fused-ring (bicyclic) bond motifs is 5. The largest absolute Gasteiger partial charge is 0.192 e. The molecule has 0 aliphatic heterocycles. The van der Waals surface area contributed by atoms with Gasteiger partial charge in [-0.3, -0.25) is 0 Å². The van der Waals surface area contributed by atoms with E-state index >= 15 is 0 Å². The van der Waals surface area contributed by atoms with Gasteiger partial charge >= 0.3 is 0 Å². The zero-order valence-electron chi connectivity index (χ0n) is 27.2. The second-order valence-corrected chi connectivity index (χ2v) is 13.1. The molecule has 0 atom stereocenters. The number of hydrogen-bond donors (Lipinski definition) is 0. The summed E-state index contributed by atoms with van der Waals surface area (Å²) in [5.74, 6) is 0. The average Bonchev–Trinajstić information content (AvgIpc) is 3.52. The molecule has 0 N–H and O–H groups in total. The lowest BCUT2D eigenvalue weighted by Gasteiger charge is -2.20. The highest BCUT2D eigenvalue weighted by Crippen LogP contribution is 2.58. The molecule has 0 saturated heterocycles. The van der Waals surface area contributed by atoms with Gasteiger partial charge in [0.1, 0.15) is 0 Å². The molecule has 0 aromatic heterocycles. The first kappa shape index (κ1) is 28.3. The SMILES string of the molecule is N#Cc1cc(-c2ccc3c4c(cccc24)-c2c-3c(-c3ccccc3)c3ccccc3c2-c2ccccc2)ccc1-c1cccc2ccccc12. The third-order valence-electron chi connectivity index (χ3n) is 10.5. The monoisotopic (exact) mass is 631 g/mol. The lowest BCUT2D eigenvalue weighted by atomic mass is 9.82. The Kier molecular flexibility index (Phi) is 6.31.